The monoisotopic (exact) mass is 469 g/mol. The molecule has 0 radical (unpaired) electrons. The van der Waals surface area contributed by atoms with Crippen LogP contribution in [0.3, 0.4) is 0 Å². The maximum Gasteiger partial charge on any atom is 0.262 e. The van der Waals surface area contributed by atoms with Crippen molar-refractivity contribution in [2.45, 2.75) is 44.8 Å². The van der Waals surface area contributed by atoms with E-state index in [1.807, 2.05) is 41.7 Å². The molecule has 9 heteroatoms. The summed E-state index contributed by atoms with van der Waals surface area (Å²) >= 11 is 7.49. The highest BCUT2D eigenvalue weighted by Gasteiger charge is 2.17. The predicted octanol–water partition coefficient (Wildman–Crippen LogP) is 4.93. The summed E-state index contributed by atoms with van der Waals surface area (Å²) in [4.78, 5) is 25.6. The molecule has 4 rings (SSSR count). The van der Waals surface area contributed by atoms with Gasteiger partial charge in [-0.05, 0) is 43.2 Å². The first-order chi connectivity index (χ1) is 15.5. The number of carbonyl (C=O) groups is 1. The zero-order valence-corrected chi connectivity index (χ0v) is 19.5. The number of nitrogens with one attached hydrogen (secondary N) is 1. The molecule has 32 heavy (non-hydrogen) atoms. The van der Waals surface area contributed by atoms with Crippen LogP contribution in [0.5, 0.6) is 0 Å². The minimum absolute atomic E-state index is 0.0695. The highest BCUT2D eigenvalue weighted by atomic mass is 35.5. The lowest BCUT2D eigenvalue weighted by Crippen LogP contribution is -2.23. The van der Waals surface area contributed by atoms with E-state index in [4.69, 9.17) is 11.6 Å². The number of unbranched alkanes of at least 4 members (excludes halogenated alkanes) is 2. The highest BCUT2D eigenvalue weighted by molar-refractivity contribution is 7.99. The second-order valence-electron chi connectivity index (χ2n) is 7.62. The van der Waals surface area contributed by atoms with Crippen LogP contribution in [0, 0.1) is 6.92 Å². The van der Waals surface area contributed by atoms with Gasteiger partial charge < -0.3 is 5.32 Å². The third kappa shape index (κ3) is 4.52. The summed E-state index contributed by atoms with van der Waals surface area (Å²) in [7, 11) is 0. The normalized spacial score (nSPS) is 11.3. The Balaban J connectivity index is 1.63. The van der Waals surface area contributed by atoms with Gasteiger partial charge in [-0.2, -0.15) is 0 Å². The summed E-state index contributed by atoms with van der Waals surface area (Å²) in [5.74, 6) is 0.432. The van der Waals surface area contributed by atoms with E-state index in [9.17, 15) is 9.59 Å². The molecule has 0 aliphatic heterocycles. The third-order valence-corrected chi connectivity index (χ3v) is 6.44. The number of aromatic nitrogens is 4. The summed E-state index contributed by atoms with van der Waals surface area (Å²) in [6, 6.07) is 12.9. The van der Waals surface area contributed by atoms with E-state index in [2.05, 4.69) is 22.4 Å². The van der Waals surface area contributed by atoms with Gasteiger partial charge in [-0.3, -0.25) is 18.6 Å². The Morgan fingerprint density at radius 2 is 1.97 bits per heavy atom. The fourth-order valence-electron chi connectivity index (χ4n) is 3.59. The van der Waals surface area contributed by atoms with Gasteiger partial charge in [0, 0.05) is 6.54 Å². The molecule has 2 aromatic heterocycles. The lowest BCUT2D eigenvalue weighted by Gasteiger charge is -2.11. The molecule has 0 saturated carbocycles. The summed E-state index contributed by atoms with van der Waals surface area (Å²) < 4.78 is 3.54. The van der Waals surface area contributed by atoms with E-state index in [1.54, 1.807) is 16.7 Å². The molecule has 0 aliphatic rings. The van der Waals surface area contributed by atoms with E-state index in [-0.39, 0.29) is 17.2 Å². The van der Waals surface area contributed by atoms with Crippen LogP contribution in [0.4, 0.5) is 5.69 Å². The molecule has 0 saturated heterocycles. The first-order valence-corrected chi connectivity index (χ1v) is 11.9. The average Bonchev–Trinajstić information content (AvgIpc) is 3.20. The smallest absolute Gasteiger partial charge is 0.262 e. The minimum Gasteiger partial charge on any atom is -0.324 e. The van der Waals surface area contributed by atoms with Crippen molar-refractivity contribution in [3.8, 4) is 0 Å². The molecule has 166 valence electrons. The van der Waals surface area contributed by atoms with E-state index >= 15 is 0 Å². The molecule has 1 amide bonds. The van der Waals surface area contributed by atoms with Crippen LogP contribution >= 0.6 is 23.4 Å². The molecule has 0 bridgehead atoms. The number of anilines is 1. The van der Waals surface area contributed by atoms with Crippen LogP contribution in [0.2, 0.25) is 5.02 Å². The molecule has 0 atom stereocenters. The molecule has 1 N–H and O–H groups in total. The molecular formula is C23H24ClN5O2S. The summed E-state index contributed by atoms with van der Waals surface area (Å²) in [5, 5.41) is 13.1. The minimum atomic E-state index is -0.196. The van der Waals surface area contributed by atoms with E-state index < -0.39 is 0 Å². The van der Waals surface area contributed by atoms with Crippen LogP contribution in [0.25, 0.3) is 16.7 Å². The van der Waals surface area contributed by atoms with Crippen LogP contribution in [0.1, 0.15) is 31.7 Å². The van der Waals surface area contributed by atoms with Crippen molar-refractivity contribution in [1.82, 2.24) is 19.2 Å². The van der Waals surface area contributed by atoms with Crippen LogP contribution in [-0.4, -0.2) is 30.8 Å². The Morgan fingerprint density at radius 1 is 1.16 bits per heavy atom. The first kappa shape index (κ1) is 22.4. The molecule has 0 aliphatic carbocycles. The van der Waals surface area contributed by atoms with Gasteiger partial charge >= 0.3 is 0 Å². The quantitative estimate of drug-likeness (QED) is 0.292. The fraction of sp³-hybridized carbons (Fsp3) is 0.304. The SMILES string of the molecule is CCCCCn1c(=O)c2ccccc2n2c(SCC(=O)Nc3ccc(C)cc3Cl)nnc12. The Labute approximate surface area is 194 Å². The fourth-order valence-corrected chi connectivity index (χ4v) is 4.61. The largest absolute Gasteiger partial charge is 0.324 e. The van der Waals surface area contributed by atoms with Crippen LogP contribution < -0.4 is 10.9 Å². The Morgan fingerprint density at radius 3 is 2.75 bits per heavy atom. The first-order valence-electron chi connectivity index (χ1n) is 10.5. The van der Waals surface area contributed by atoms with Crippen molar-refractivity contribution in [3.05, 3.63) is 63.4 Å². The zero-order valence-electron chi connectivity index (χ0n) is 18.0. The predicted molar refractivity (Wildman–Crippen MR) is 130 cm³/mol. The van der Waals surface area contributed by atoms with E-state index in [1.165, 1.54) is 11.8 Å². The van der Waals surface area contributed by atoms with Gasteiger partial charge in [-0.15, -0.1) is 10.2 Å². The Hall–Kier alpha value is -2.84. The molecule has 0 spiro atoms. The number of rotatable bonds is 8. The second kappa shape index (κ2) is 9.75. The molecular weight excluding hydrogens is 446 g/mol. The lowest BCUT2D eigenvalue weighted by molar-refractivity contribution is -0.113. The Bertz CT molecular complexity index is 1350. The Kier molecular flexibility index (Phi) is 6.81. The van der Waals surface area contributed by atoms with Gasteiger partial charge in [0.1, 0.15) is 0 Å². The molecule has 4 aromatic rings. The molecule has 0 fully saturated rings. The van der Waals surface area contributed by atoms with Crippen molar-refractivity contribution in [1.29, 1.82) is 0 Å². The van der Waals surface area contributed by atoms with Crippen molar-refractivity contribution < 1.29 is 4.79 Å². The van der Waals surface area contributed by atoms with E-state index in [0.717, 1.165) is 30.3 Å². The number of aryl methyl sites for hydroxylation is 2. The van der Waals surface area contributed by atoms with Gasteiger partial charge in [-0.1, -0.05) is 61.3 Å². The number of hydrogen-bond donors (Lipinski definition) is 1. The third-order valence-electron chi connectivity index (χ3n) is 5.19. The zero-order chi connectivity index (χ0) is 22.7. The number of carbonyl (C=O) groups excluding carboxylic acids is 1. The second-order valence-corrected chi connectivity index (χ2v) is 8.97. The van der Waals surface area contributed by atoms with Gasteiger partial charge in [0.2, 0.25) is 11.7 Å². The molecule has 7 nitrogen and oxygen atoms in total. The summed E-state index contributed by atoms with van der Waals surface area (Å²) in [6.07, 6.45) is 2.98. The average molecular weight is 470 g/mol. The summed E-state index contributed by atoms with van der Waals surface area (Å²) in [6.45, 7) is 4.64. The van der Waals surface area contributed by atoms with Gasteiger partial charge in [0.05, 0.1) is 27.4 Å². The number of halogens is 1. The van der Waals surface area contributed by atoms with Gasteiger partial charge in [0.25, 0.3) is 5.56 Å². The standard InChI is InChI=1S/C23H24ClN5O2S/c1-3-4-7-12-28-21(31)16-8-5-6-9-19(16)29-22(28)26-27-23(29)32-14-20(30)25-18-11-10-15(2)13-17(18)24/h5-6,8-11,13H,3-4,7,12,14H2,1-2H3,(H,25,30). The van der Waals surface area contributed by atoms with E-state index in [0.29, 0.717) is 33.6 Å². The topological polar surface area (TPSA) is 81.3 Å². The molecule has 2 heterocycles. The number of fused-ring (bicyclic) bond motifs is 3. The number of benzene rings is 2. The molecule has 2 aromatic carbocycles. The number of para-hydroxylation sites is 1. The molecule has 0 unspecified atom stereocenters. The van der Waals surface area contributed by atoms with Gasteiger partial charge in [0.15, 0.2) is 5.16 Å². The van der Waals surface area contributed by atoms with Crippen LogP contribution in [0.15, 0.2) is 52.4 Å². The summed E-state index contributed by atoms with van der Waals surface area (Å²) in [5.41, 5.74) is 2.26. The maximum absolute atomic E-state index is 13.1. The maximum atomic E-state index is 13.1. The highest BCUT2D eigenvalue weighted by Crippen LogP contribution is 2.25. The van der Waals surface area contributed by atoms with Crippen molar-refractivity contribution in [3.63, 3.8) is 0 Å². The number of nitrogens with zero attached hydrogens (tertiary/aromatic N) is 4. The van der Waals surface area contributed by atoms with Crippen LogP contribution in [-0.2, 0) is 11.3 Å². The van der Waals surface area contributed by atoms with Gasteiger partial charge in [-0.25, -0.2) is 0 Å². The van der Waals surface area contributed by atoms with Crippen molar-refractivity contribution in [2.24, 2.45) is 0 Å². The van der Waals surface area contributed by atoms with Crippen molar-refractivity contribution >= 4 is 51.6 Å². The number of thioether (sulfide) groups is 1. The van der Waals surface area contributed by atoms with Crippen molar-refractivity contribution in [2.75, 3.05) is 11.1 Å². The number of amides is 1. The number of hydrogen-bond acceptors (Lipinski definition) is 5. The lowest BCUT2D eigenvalue weighted by atomic mass is 10.2.